The van der Waals surface area contributed by atoms with Crippen LogP contribution >= 0.6 is 11.8 Å². The molecule has 5 heterocycles. The summed E-state index contributed by atoms with van der Waals surface area (Å²) in [5.74, 6) is 0.880. The molecule has 1 fully saturated rings. The first-order chi connectivity index (χ1) is 19.0. The van der Waals surface area contributed by atoms with E-state index in [4.69, 9.17) is 4.74 Å². The Kier molecular flexibility index (Phi) is 6.61. The summed E-state index contributed by atoms with van der Waals surface area (Å²) >= 11 is 1.32. The highest BCUT2D eigenvalue weighted by molar-refractivity contribution is 8.01. The van der Waals surface area contributed by atoms with Gasteiger partial charge in [0.2, 0.25) is 17.7 Å². The lowest BCUT2D eigenvalue weighted by Crippen LogP contribution is -2.53. The van der Waals surface area contributed by atoms with E-state index in [1.54, 1.807) is 29.3 Å². The smallest absolute Gasteiger partial charge is 0.328 e. The van der Waals surface area contributed by atoms with Crippen molar-refractivity contribution in [3.63, 3.8) is 0 Å². The van der Waals surface area contributed by atoms with Gasteiger partial charge in [0.05, 0.1) is 11.7 Å². The zero-order valence-electron chi connectivity index (χ0n) is 20.8. The predicted octanol–water partition coefficient (Wildman–Crippen LogP) is 3.33. The normalized spacial score (nSPS) is 21.5. The molecule has 4 amide bonds. The Hall–Kier alpha value is -4.45. The molecule has 12 heteroatoms. The molecule has 0 radical (unpaired) electrons. The van der Waals surface area contributed by atoms with Crippen molar-refractivity contribution in [3.05, 3.63) is 72.9 Å². The number of thioether (sulfide) groups is 1. The summed E-state index contributed by atoms with van der Waals surface area (Å²) in [7, 11) is 0. The van der Waals surface area contributed by atoms with E-state index < -0.39 is 17.3 Å². The number of para-hydroxylation sites is 1. The van der Waals surface area contributed by atoms with Gasteiger partial charge in [0.15, 0.2) is 5.82 Å². The van der Waals surface area contributed by atoms with Crippen molar-refractivity contribution >= 4 is 41.1 Å². The van der Waals surface area contributed by atoms with Gasteiger partial charge in [-0.2, -0.15) is 0 Å². The zero-order valence-corrected chi connectivity index (χ0v) is 21.6. The molecule has 3 aliphatic heterocycles. The lowest BCUT2D eigenvalue weighted by molar-refractivity contribution is -0.129. The molecular weight excluding hydrogens is 518 g/mol. The number of ether oxygens (including phenoxy) is 1. The summed E-state index contributed by atoms with van der Waals surface area (Å²) in [6.45, 7) is 4.62. The predicted molar refractivity (Wildman–Crippen MR) is 144 cm³/mol. The number of carbonyl (C=O) groups is 3. The largest absolute Gasteiger partial charge is 0.438 e. The second kappa shape index (κ2) is 10.4. The molecule has 198 valence electrons. The number of urea groups is 1. The number of anilines is 2. The van der Waals surface area contributed by atoms with Crippen molar-refractivity contribution in [2.75, 3.05) is 18.0 Å². The minimum Gasteiger partial charge on any atom is -0.438 e. The van der Waals surface area contributed by atoms with Gasteiger partial charge in [0, 0.05) is 37.0 Å². The van der Waals surface area contributed by atoms with Crippen LogP contribution in [-0.2, 0) is 9.59 Å². The number of rotatable bonds is 6. The Morgan fingerprint density at radius 2 is 2.00 bits per heavy atom. The fourth-order valence-corrected chi connectivity index (χ4v) is 6.29. The van der Waals surface area contributed by atoms with E-state index in [9.17, 15) is 14.4 Å². The highest BCUT2D eigenvalue weighted by atomic mass is 32.2. The summed E-state index contributed by atoms with van der Waals surface area (Å²) in [5, 5.41) is 14.5. The Bertz CT molecular complexity index is 1440. The molecule has 0 bridgehead atoms. The van der Waals surface area contributed by atoms with Crippen LogP contribution in [0.5, 0.6) is 11.6 Å². The monoisotopic (exact) mass is 543 g/mol. The second-order valence-corrected chi connectivity index (χ2v) is 10.5. The van der Waals surface area contributed by atoms with Crippen molar-refractivity contribution in [3.8, 4) is 11.6 Å². The molecule has 2 aromatic heterocycles. The fourth-order valence-electron chi connectivity index (χ4n) is 5.06. The molecule has 39 heavy (non-hydrogen) atoms. The van der Waals surface area contributed by atoms with Crippen molar-refractivity contribution in [2.45, 2.75) is 35.2 Å². The van der Waals surface area contributed by atoms with Crippen molar-refractivity contribution in [1.29, 1.82) is 0 Å². The van der Waals surface area contributed by atoms with E-state index in [-0.39, 0.29) is 17.9 Å². The van der Waals surface area contributed by atoms with E-state index in [0.717, 1.165) is 18.4 Å². The fraction of sp³-hybridized carbons (Fsp3) is 0.259. The van der Waals surface area contributed by atoms with Crippen molar-refractivity contribution in [1.82, 2.24) is 30.7 Å². The first-order valence-electron chi connectivity index (χ1n) is 12.6. The van der Waals surface area contributed by atoms with Crippen LogP contribution in [0.1, 0.15) is 24.4 Å². The minimum absolute atomic E-state index is 0.146. The standard InChI is InChI=1S/C27H25N7O4S/c1-2-21(35)33-14-6-7-16(15-33)29-25(36)24-23-22-18(12-13-28-26(22)39-24)34(27(37)30-23)19-10-11-20(32-31-19)38-17-8-4-3-5-9-17/h2-5,8-13,16,23-24H,1,6-7,14-15H2,(H,29,36)(H,30,37)/t16?,23?,24-/m1/s1. The van der Waals surface area contributed by atoms with E-state index in [0.29, 0.717) is 41.3 Å². The maximum Gasteiger partial charge on any atom is 0.328 e. The molecule has 2 unspecified atom stereocenters. The van der Waals surface area contributed by atoms with E-state index in [2.05, 4.69) is 32.4 Å². The van der Waals surface area contributed by atoms with Crippen molar-refractivity contribution < 1.29 is 19.1 Å². The number of amides is 4. The Labute approximate surface area is 228 Å². The van der Waals surface area contributed by atoms with E-state index in [1.807, 2.05) is 30.3 Å². The highest BCUT2D eigenvalue weighted by Crippen LogP contribution is 2.50. The van der Waals surface area contributed by atoms with Crippen molar-refractivity contribution in [2.24, 2.45) is 0 Å². The lowest BCUT2D eigenvalue weighted by Gasteiger charge is -2.35. The summed E-state index contributed by atoms with van der Waals surface area (Å²) in [6.07, 6.45) is 4.47. The number of hydrogen-bond acceptors (Lipinski definition) is 8. The second-order valence-electron chi connectivity index (χ2n) is 9.33. The molecule has 11 nitrogen and oxygen atoms in total. The molecule has 1 saturated heterocycles. The quantitative estimate of drug-likeness (QED) is 0.453. The number of piperidine rings is 1. The summed E-state index contributed by atoms with van der Waals surface area (Å²) in [5.41, 5.74) is 1.36. The number of carbonyl (C=O) groups excluding carboxylic acids is 3. The average Bonchev–Trinajstić information content (AvgIpc) is 3.33. The van der Waals surface area contributed by atoms with Crippen LogP contribution < -0.4 is 20.3 Å². The third kappa shape index (κ3) is 4.78. The molecule has 0 aliphatic carbocycles. The van der Waals surface area contributed by atoms with Gasteiger partial charge in [0.1, 0.15) is 16.0 Å². The Morgan fingerprint density at radius 1 is 1.15 bits per heavy atom. The Morgan fingerprint density at radius 3 is 2.77 bits per heavy atom. The SMILES string of the molecule is C=CC(=O)N1CCCC(NC(=O)[C@@H]2Sc3nccc4c3C2NC(=O)N4c2ccc(Oc3ccccc3)nn2)C1. The summed E-state index contributed by atoms with van der Waals surface area (Å²) in [4.78, 5) is 46.4. The van der Waals surface area contributed by atoms with Gasteiger partial charge in [-0.15, -0.1) is 10.2 Å². The maximum atomic E-state index is 13.4. The molecule has 0 spiro atoms. The van der Waals surface area contributed by atoms with Crippen LogP contribution in [0.3, 0.4) is 0 Å². The summed E-state index contributed by atoms with van der Waals surface area (Å²) < 4.78 is 5.71. The third-order valence-electron chi connectivity index (χ3n) is 6.84. The maximum absolute atomic E-state index is 13.4. The van der Waals surface area contributed by atoms with Gasteiger partial charge in [-0.3, -0.25) is 9.59 Å². The molecule has 2 N–H and O–H groups in total. The topological polar surface area (TPSA) is 130 Å². The summed E-state index contributed by atoms with van der Waals surface area (Å²) in [6, 6.07) is 13.1. The molecule has 6 rings (SSSR count). The lowest BCUT2D eigenvalue weighted by atomic mass is 9.99. The van der Waals surface area contributed by atoms with E-state index in [1.165, 1.54) is 22.7 Å². The van der Waals surface area contributed by atoms with Gasteiger partial charge < -0.3 is 20.3 Å². The number of benzene rings is 1. The van der Waals surface area contributed by atoms with E-state index >= 15 is 0 Å². The number of pyridine rings is 1. The van der Waals surface area contributed by atoms with Gasteiger partial charge in [-0.05, 0) is 43.2 Å². The van der Waals surface area contributed by atoms with Gasteiger partial charge in [-0.1, -0.05) is 36.5 Å². The molecular formula is C27H25N7O4S. The number of nitrogens with one attached hydrogen (secondary N) is 2. The molecule has 3 aromatic rings. The number of aromatic nitrogens is 3. The average molecular weight is 544 g/mol. The minimum atomic E-state index is -0.599. The van der Waals surface area contributed by atoms with Gasteiger partial charge >= 0.3 is 6.03 Å². The van der Waals surface area contributed by atoms with Gasteiger partial charge in [0.25, 0.3) is 0 Å². The van der Waals surface area contributed by atoms with Crippen LogP contribution in [0.15, 0.2) is 72.4 Å². The first kappa shape index (κ1) is 24.9. The molecule has 1 aromatic carbocycles. The van der Waals surface area contributed by atoms with Crippen LogP contribution in [-0.4, -0.2) is 62.3 Å². The molecule has 3 aliphatic rings. The number of nitrogens with zero attached hydrogens (tertiary/aromatic N) is 5. The van der Waals surface area contributed by atoms with Crippen LogP contribution in [0.4, 0.5) is 16.3 Å². The number of likely N-dealkylation sites (tertiary alicyclic amines) is 1. The van der Waals surface area contributed by atoms with Gasteiger partial charge in [-0.25, -0.2) is 14.7 Å². The third-order valence-corrected chi connectivity index (χ3v) is 8.13. The van der Waals surface area contributed by atoms with Crippen LogP contribution in [0.2, 0.25) is 0 Å². The molecule has 3 atom stereocenters. The Balaban J connectivity index is 1.20. The first-order valence-corrected chi connectivity index (χ1v) is 13.4. The molecule has 0 saturated carbocycles. The van der Waals surface area contributed by atoms with Crippen LogP contribution in [0.25, 0.3) is 0 Å². The number of hydrogen-bond donors (Lipinski definition) is 2. The zero-order chi connectivity index (χ0) is 26.9. The van der Waals surface area contributed by atoms with Crippen LogP contribution in [0, 0.1) is 0 Å². The highest BCUT2D eigenvalue weighted by Gasteiger charge is 2.47.